The molecule has 1 saturated carbocycles. The Morgan fingerprint density at radius 3 is 2.38 bits per heavy atom. The third-order valence-electron chi connectivity index (χ3n) is 3.82. The summed E-state index contributed by atoms with van der Waals surface area (Å²) in [5, 5.41) is 3.56. The summed E-state index contributed by atoms with van der Waals surface area (Å²) in [7, 11) is 0. The first-order chi connectivity index (χ1) is 10.2. The van der Waals surface area contributed by atoms with E-state index in [2.05, 4.69) is 36.3 Å². The van der Waals surface area contributed by atoms with Crippen LogP contribution in [0.1, 0.15) is 35.1 Å². The third-order valence-corrected chi connectivity index (χ3v) is 3.82. The van der Waals surface area contributed by atoms with Gasteiger partial charge in [0.05, 0.1) is 0 Å². The molecule has 3 heteroatoms. The van der Waals surface area contributed by atoms with E-state index >= 15 is 0 Å². The largest absolute Gasteiger partial charge is 0.488 e. The van der Waals surface area contributed by atoms with Crippen molar-refractivity contribution in [2.24, 2.45) is 0 Å². The van der Waals surface area contributed by atoms with Crippen LogP contribution in [0.15, 0.2) is 36.7 Å². The monoisotopic (exact) mass is 282 g/mol. The molecule has 110 valence electrons. The van der Waals surface area contributed by atoms with Gasteiger partial charge in [-0.2, -0.15) is 0 Å². The average Bonchev–Trinajstić information content (AvgIpc) is 3.29. The highest BCUT2D eigenvalue weighted by molar-refractivity contribution is 5.43. The van der Waals surface area contributed by atoms with Crippen LogP contribution in [0.5, 0.6) is 5.75 Å². The van der Waals surface area contributed by atoms with Crippen molar-refractivity contribution >= 4 is 0 Å². The van der Waals surface area contributed by atoms with Crippen LogP contribution >= 0.6 is 0 Å². The zero-order valence-electron chi connectivity index (χ0n) is 12.7. The molecule has 0 radical (unpaired) electrons. The maximum atomic E-state index is 6.00. The Kier molecular flexibility index (Phi) is 4.20. The molecule has 1 aromatic carbocycles. The predicted octanol–water partition coefficient (Wildman–Crippen LogP) is 3.53. The summed E-state index contributed by atoms with van der Waals surface area (Å²) in [4.78, 5) is 4.02. The first-order valence-corrected chi connectivity index (χ1v) is 7.57. The number of nitrogens with zero attached hydrogens (tertiary/aromatic N) is 1. The van der Waals surface area contributed by atoms with E-state index in [0.717, 1.165) is 23.9 Å². The zero-order valence-corrected chi connectivity index (χ0v) is 12.7. The van der Waals surface area contributed by atoms with E-state index in [-0.39, 0.29) is 0 Å². The molecule has 3 rings (SSSR count). The van der Waals surface area contributed by atoms with Gasteiger partial charge >= 0.3 is 0 Å². The number of pyridine rings is 1. The van der Waals surface area contributed by atoms with E-state index in [1.54, 1.807) is 12.4 Å². The lowest BCUT2D eigenvalue weighted by Gasteiger charge is -2.14. The van der Waals surface area contributed by atoms with Crippen molar-refractivity contribution in [2.75, 3.05) is 0 Å². The molecule has 1 fully saturated rings. The van der Waals surface area contributed by atoms with Crippen LogP contribution in [0.4, 0.5) is 0 Å². The van der Waals surface area contributed by atoms with Crippen molar-refractivity contribution in [1.29, 1.82) is 0 Å². The second-order valence-corrected chi connectivity index (χ2v) is 5.86. The van der Waals surface area contributed by atoms with E-state index in [4.69, 9.17) is 4.74 Å². The maximum absolute atomic E-state index is 6.00. The molecule has 1 aliphatic rings. The lowest BCUT2D eigenvalue weighted by Crippen LogP contribution is -2.15. The van der Waals surface area contributed by atoms with E-state index in [9.17, 15) is 0 Å². The quantitative estimate of drug-likeness (QED) is 0.880. The third kappa shape index (κ3) is 3.82. The van der Waals surface area contributed by atoms with Gasteiger partial charge in [0.2, 0.25) is 0 Å². The number of benzene rings is 1. The topological polar surface area (TPSA) is 34.1 Å². The molecular weight excluding hydrogens is 260 g/mol. The van der Waals surface area contributed by atoms with Gasteiger partial charge in [-0.05, 0) is 61.1 Å². The Bertz CT molecular complexity index is 583. The Hall–Kier alpha value is -1.87. The van der Waals surface area contributed by atoms with Crippen LogP contribution in [0, 0.1) is 13.8 Å². The van der Waals surface area contributed by atoms with Crippen LogP contribution in [0.2, 0.25) is 0 Å². The number of aryl methyl sites for hydroxylation is 2. The molecule has 0 amide bonds. The minimum absolute atomic E-state index is 0.587. The number of nitrogens with one attached hydrogen (secondary N) is 1. The lowest BCUT2D eigenvalue weighted by atomic mass is 10.1. The summed E-state index contributed by atoms with van der Waals surface area (Å²) < 4.78 is 6.00. The van der Waals surface area contributed by atoms with Crippen molar-refractivity contribution in [1.82, 2.24) is 10.3 Å². The molecule has 1 N–H and O–H groups in total. The van der Waals surface area contributed by atoms with Gasteiger partial charge in [-0.1, -0.05) is 12.1 Å². The van der Waals surface area contributed by atoms with Gasteiger partial charge in [0, 0.05) is 25.0 Å². The second kappa shape index (κ2) is 6.27. The summed E-state index contributed by atoms with van der Waals surface area (Å²) in [6.07, 6.45) is 6.24. The number of aromatic nitrogens is 1. The second-order valence-electron chi connectivity index (χ2n) is 5.86. The van der Waals surface area contributed by atoms with Crippen molar-refractivity contribution in [3.05, 3.63) is 58.9 Å². The van der Waals surface area contributed by atoms with E-state index < -0.39 is 0 Å². The van der Waals surface area contributed by atoms with Crippen LogP contribution in [0.25, 0.3) is 0 Å². The smallest absolute Gasteiger partial charge is 0.125 e. The van der Waals surface area contributed by atoms with Crippen LogP contribution in [-0.4, -0.2) is 11.0 Å². The Balaban J connectivity index is 1.66. The van der Waals surface area contributed by atoms with E-state index in [1.165, 1.54) is 29.5 Å². The fourth-order valence-corrected chi connectivity index (χ4v) is 2.55. The molecule has 0 aliphatic heterocycles. The summed E-state index contributed by atoms with van der Waals surface area (Å²) in [6.45, 7) is 5.78. The number of hydrogen-bond acceptors (Lipinski definition) is 3. The molecule has 3 nitrogen and oxygen atoms in total. The SMILES string of the molecule is Cc1cc(CNC2CC2)cc(C)c1OCc1ccncc1. The molecular formula is C18H22N2O. The van der Waals surface area contributed by atoms with Gasteiger partial charge in [-0.3, -0.25) is 4.98 Å². The molecule has 0 spiro atoms. The molecule has 0 atom stereocenters. The van der Waals surface area contributed by atoms with Crippen LogP contribution in [0.3, 0.4) is 0 Å². The summed E-state index contributed by atoms with van der Waals surface area (Å²) in [5.74, 6) is 1.00. The van der Waals surface area contributed by atoms with E-state index in [0.29, 0.717) is 6.61 Å². The van der Waals surface area contributed by atoms with Crippen molar-refractivity contribution < 1.29 is 4.74 Å². The van der Waals surface area contributed by atoms with Gasteiger partial charge in [-0.25, -0.2) is 0 Å². The number of hydrogen-bond donors (Lipinski definition) is 1. The standard InChI is InChI=1S/C18H22N2O/c1-13-9-16(11-20-17-3-4-17)10-14(2)18(13)21-12-15-5-7-19-8-6-15/h5-10,17,20H,3-4,11-12H2,1-2H3. The van der Waals surface area contributed by atoms with Gasteiger partial charge in [-0.15, -0.1) is 0 Å². The van der Waals surface area contributed by atoms with Crippen LogP contribution in [-0.2, 0) is 13.2 Å². The fraction of sp³-hybridized carbons (Fsp3) is 0.389. The predicted molar refractivity (Wildman–Crippen MR) is 84.3 cm³/mol. The molecule has 0 unspecified atom stereocenters. The molecule has 1 aliphatic carbocycles. The lowest BCUT2D eigenvalue weighted by molar-refractivity contribution is 0.301. The Morgan fingerprint density at radius 1 is 1.10 bits per heavy atom. The zero-order chi connectivity index (χ0) is 14.7. The first kappa shape index (κ1) is 14.1. The minimum atomic E-state index is 0.587. The van der Waals surface area contributed by atoms with Gasteiger partial charge in [0.1, 0.15) is 12.4 Å². The number of ether oxygens (including phenoxy) is 1. The molecule has 1 heterocycles. The Labute approximate surface area is 126 Å². The maximum Gasteiger partial charge on any atom is 0.125 e. The Morgan fingerprint density at radius 2 is 1.76 bits per heavy atom. The highest BCUT2D eigenvalue weighted by atomic mass is 16.5. The minimum Gasteiger partial charge on any atom is -0.488 e. The normalized spacial score (nSPS) is 14.2. The summed E-state index contributed by atoms with van der Waals surface area (Å²) in [5.41, 5.74) is 4.89. The van der Waals surface area contributed by atoms with Crippen molar-refractivity contribution in [3.63, 3.8) is 0 Å². The highest BCUT2D eigenvalue weighted by Crippen LogP contribution is 2.26. The van der Waals surface area contributed by atoms with Gasteiger partial charge in [0.15, 0.2) is 0 Å². The van der Waals surface area contributed by atoms with E-state index in [1.807, 2.05) is 12.1 Å². The van der Waals surface area contributed by atoms with Crippen molar-refractivity contribution in [2.45, 2.75) is 45.9 Å². The highest BCUT2D eigenvalue weighted by Gasteiger charge is 2.20. The average molecular weight is 282 g/mol. The van der Waals surface area contributed by atoms with Crippen LogP contribution < -0.4 is 10.1 Å². The molecule has 21 heavy (non-hydrogen) atoms. The first-order valence-electron chi connectivity index (χ1n) is 7.57. The molecule has 0 saturated heterocycles. The molecule has 1 aromatic heterocycles. The molecule has 0 bridgehead atoms. The summed E-state index contributed by atoms with van der Waals surface area (Å²) >= 11 is 0. The van der Waals surface area contributed by atoms with Crippen molar-refractivity contribution in [3.8, 4) is 5.75 Å². The number of rotatable bonds is 6. The fourth-order valence-electron chi connectivity index (χ4n) is 2.55. The molecule has 2 aromatic rings. The van der Waals surface area contributed by atoms with Gasteiger partial charge < -0.3 is 10.1 Å². The summed E-state index contributed by atoms with van der Waals surface area (Å²) in [6, 6.07) is 9.17. The van der Waals surface area contributed by atoms with Gasteiger partial charge in [0.25, 0.3) is 0 Å².